The first-order valence-electron chi connectivity index (χ1n) is 11.1. The summed E-state index contributed by atoms with van der Waals surface area (Å²) in [6.07, 6.45) is 10.1. The van der Waals surface area contributed by atoms with Gasteiger partial charge < -0.3 is 28.3 Å². The highest BCUT2D eigenvalue weighted by molar-refractivity contribution is 7.40. The molecule has 0 aromatic heterocycles. The van der Waals surface area contributed by atoms with Crippen molar-refractivity contribution in [3.8, 4) is 0 Å². The van der Waals surface area contributed by atoms with E-state index in [0.29, 0.717) is 24.2 Å². The highest BCUT2D eigenvalue weighted by Crippen LogP contribution is 2.35. The fraction of sp³-hybridized carbons (Fsp3) is 0.952. The topological polar surface area (TPSA) is 85.2 Å². The van der Waals surface area contributed by atoms with E-state index < -0.39 is 20.7 Å². The fourth-order valence-corrected chi connectivity index (χ4v) is 3.77. The molecule has 7 nitrogen and oxygen atoms in total. The van der Waals surface area contributed by atoms with E-state index >= 15 is 0 Å². The number of hydrogen-bond donors (Lipinski definition) is 2. The molecule has 3 atom stereocenters. The number of rotatable bonds is 20. The van der Waals surface area contributed by atoms with Crippen molar-refractivity contribution in [2.24, 2.45) is 0 Å². The van der Waals surface area contributed by atoms with Crippen LogP contribution in [-0.2, 0) is 18.6 Å². The number of unbranched alkanes of at least 4 members (excludes halogenated alkanes) is 6. The van der Waals surface area contributed by atoms with Crippen molar-refractivity contribution >= 4 is 14.6 Å². The number of carbonyl (C=O) groups is 1. The number of likely N-dealkylation sites (N-methyl/N-ethyl adjacent to an activating group) is 1. The monoisotopic (exact) mass is 438 g/mol. The van der Waals surface area contributed by atoms with Gasteiger partial charge in [-0.15, -0.1) is 0 Å². The maximum atomic E-state index is 11.0. The molecule has 0 aromatic carbocycles. The van der Waals surface area contributed by atoms with Gasteiger partial charge in [0.05, 0.1) is 40.3 Å². The van der Waals surface area contributed by atoms with Gasteiger partial charge in [0, 0.05) is 6.61 Å². The van der Waals surface area contributed by atoms with Gasteiger partial charge >= 0.3 is 14.6 Å². The molecule has 8 heteroatoms. The molecule has 0 aliphatic carbocycles. The Balaban J connectivity index is 3.75. The van der Waals surface area contributed by atoms with Gasteiger partial charge in [0.1, 0.15) is 12.6 Å². The lowest BCUT2D eigenvalue weighted by Gasteiger charge is -2.29. The third kappa shape index (κ3) is 20.7. The summed E-state index contributed by atoms with van der Waals surface area (Å²) in [6, 6.07) is 0. The molecule has 2 N–H and O–H groups in total. The van der Waals surface area contributed by atoms with Gasteiger partial charge in [-0.25, -0.2) is 0 Å². The van der Waals surface area contributed by atoms with Crippen molar-refractivity contribution in [3.05, 3.63) is 0 Å². The van der Waals surface area contributed by atoms with Crippen LogP contribution in [0.2, 0.25) is 0 Å². The Bertz CT molecular complexity index is 405. The van der Waals surface area contributed by atoms with Gasteiger partial charge in [0.2, 0.25) is 0 Å². The summed E-state index contributed by atoms with van der Waals surface area (Å²) in [5, 5.41) is 9.00. The molecule has 0 bridgehead atoms. The minimum Gasteiger partial charge on any atom is -0.481 e. The second kappa shape index (κ2) is 17.4. The SMILES string of the molecule is CCCCCCCCC(C)OCCCCO[P@@](O)OC(CC(=O)O)C[N+](C)(C)C. The van der Waals surface area contributed by atoms with Crippen LogP contribution in [0.1, 0.15) is 78.1 Å². The van der Waals surface area contributed by atoms with Gasteiger partial charge in [-0.3, -0.25) is 4.79 Å². The maximum absolute atomic E-state index is 11.0. The number of carboxylic acids is 1. The number of quaternary nitrogens is 1. The summed E-state index contributed by atoms with van der Waals surface area (Å²) in [6.45, 7) is 5.91. The normalized spacial score (nSPS) is 15.2. The van der Waals surface area contributed by atoms with Crippen LogP contribution in [0.4, 0.5) is 0 Å². The summed E-state index contributed by atoms with van der Waals surface area (Å²) in [4.78, 5) is 20.9. The van der Waals surface area contributed by atoms with Crippen molar-refractivity contribution in [1.82, 2.24) is 0 Å². The average molecular weight is 439 g/mol. The second-order valence-corrected chi connectivity index (χ2v) is 9.76. The van der Waals surface area contributed by atoms with E-state index in [2.05, 4.69) is 13.8 Å². The predicted molar refractivity (Wildman–Crippen MR) is 118 cm³/mol. The number of aliphatic carboxylic acids is 1. The Labute approximate surface area is 179 Å². The minimum atomic E-state index is -2.07. The molecule has 0 rings (SSSR count). The molecular weight excluding hydrogens is 393 g/mol. The maximum Gasteiger partial charge on any atom is 0.330 e. The van der Waals surface area contributed by atoms with Gasteiger partial charge in [0.15, 0.2) is 0 Å². The van der Waals surface area contributed by atoms with Crippen LogP contribution >= 0.6 is 8.60 Å². The second-order valence-electron chi connectivity index (χ2n) is 8.81. The Morgan fingerprint density at radius 3 is 2.24 bits per heavy atom. The Morgan fingerprint density at radius 2 is 1.62 bits per heavy atom. The zero-order valence-corrected chi connectivity index (χ0v) is 20.2. The van der Waals surface area contributed by atoms with Crippen LogP contribution in [0.15, 0.2) is 0 Å². The lowest BCUT2D eigenvalue weighted by molar-refractivity contribution is -0.873. The smallest absolute Gasteiger partial charge is 0.330 e. The van der Waals surface area contributed by atoms with Crippen LogP contribution < -0.4 is 0 Å². The lowest BCUT2D eigenvalue weighted by atomic mass is 10.1. The first-order valence-corrected chi connectivity index (χ1v) is 12.2. The third-order valence-electron chi connectivity index (χ3n) is 4.50. The Kier molecular flexibility index (Phi) is 17.2. The van der Waals surface area contributed by atoms with Crippen molar-refractivity contribution < 1.29 is 33.1 Å². The molecule has 0 aromatic rings. The Hall–Kier alpha value is -0.300. The van der Waals surface area contributed by atoms with E-state index in [4.69, 9.17) is 18.9 Å². The van der Waals surface area contributed by atoms with Gasteiger partial charge in [0.25, 0.3) is 0 Å². The number of ether oxygens (including phenoxy) is 1. The van der Waals surface area contributed by atoms with Crippen LogP contribution in [0.5, 0.6) is 0 Å². The first-order chi connectivity index (χ1) is 13.6. The van der Waals surface area contributed by atoms with Crippen LogP contribution in [0.25, 0.3) is 0 Å². The summed E-state index contributed by atoms with van der Waals surface area (Å²) in [7, 11) is 3.79. The summed E-state index contributed by atoms with van der Waals surface area (Å²) in [5.41, 5.74) is 0. The van der Waals surface area contributed by atoms with E-state index in [0.717, 1.165) is 19.3 Å². The predicted octanol–water partition coefficient (Wildman–Crippen LogP) is 4.72. The summed E-state index contributed by atoms with van der Waals surface area (Å²) in [5.74, 6) is -0.945. The van der Waals surface area contributed by atoms with Crippen LogP contribution in [0.3, 0.4) is 0 Å². The molecule has 0 radical (unpaired) electrons. The van der Waals surface area contributed by atoms with Crippen LogP contribution in [0, 0.1) is 0 Å². The minimum absolute atomic E-state index is 0.150. The molecule has 0 fully saturated rings. The molecule has 0 saturated carbocycles. The number of nitrogens with zero attached hydrogens (tertiary/aromatic N) is 1. The molecule has 0 aliphatic heterocycles. The van der Waals surface area contributed by atoms with E-state index in [-0.39, 0.29) is 12.5 Å². The summed E-state index contributed by atoms with van der Waals surface area (Å²) < 4.78 is 17.1. The van der Waals surface area contributed by atoms with E-state index in [1.807, 2.05) is 21.1 Å². The fourth-order valence-electron chi connectivity index (χ4n) is 3.03. The standard InChI is InChI=1S/C21H44NO6P/c1-6-7-8-9-10-11-14-19(2)26-15-12-13-16-27-29(25)28-20(17-21(23)24)18-22(3,4)5/h19-20,25H,6-18H2,1-5H3/p+1/t19?,20?,29-/m1/s1. The lowest BCUT2D eigenvalue weighted by Crippen LogP contribution is -2.42. The summed E-state index contributed by atoms with van der Waals surface area (Å²) >= 11 is 0. The molecule has 0 amide bonds. The number of hydrogen-bond acceptors (Lipinski definition) is 5. The molecule has 2 unspecified atom stereocenters. The van der Waals surface area contributed by atoms with Gasteiger partial charge in [-0.1, -0.05) is 45.4 Å². The van der Waals surface area contributed by atoms with Gasteiger partial charge in [-0.05, 0) is 26.2 Å². The van der Waals surface area contributed by atoms with Crippen molar-refractivity contribution in [2.75, 3.05) is 40.9 Å². The quantitative estimate of drug-likeness (QED) is 0.162. The largest absolute Gasteiger partial charge is 0.481 e. The first kappa shape index (κ1) is 28.7. The highest BCUT2D eigenvalue weighted by Gasteiger charge is 2.25. The third-order valence-corrected chi connectivity index (χ3v) is 5.38. The van der Waals surface area contributed by atoms with Gasteiger partial charge in [-0.2, -0.15) is 0 Å². The molecule has 0 heterocycles. The van der Waals surface area contributed by atoms with E-state index in [1.54, 1.807) is 0 Å². The van der Waals surface area contributed by atoms with Crippen molar-refractivity contribution in [3.63, 3.8) is 0 Å². The molecule has 174 valence electrons. The number of carboxylic acid groups (broad SMARTS) is 1. The molecule has 0 aliphatic rings. The highest BCUT2D eigenvalue weighted by atomic mass is 31.2. The van der Waals surface area contributed by atoms with E-state index in [9.17, 15) is 9.69 Å². The van der Waals surface area contributed by atoms with Crippen LogP contribution in [-0.4, -0.2) is 73.6 Å². The Morgan fingerprint density at radius 1 is 1.00 bits per heavy atom. The van der Waals surface area contributed by atoms with E-state index in [1.165, 1.54) is 38.5 Å². The zero-order valence-electron chi connectivity index (χ0n) is 19.3. The molecule has 0 spiro atoms. The zero-order chi connectivity index (χ0) is 22.1. The molecular formula is C21H45NO6P+. The molecule has 0 saturated heterocycles. The average Bonchev–Trinajstić information content (AvgIpc) is 2.58. The molecule has 29 heavy (non-hydrogen) atoms. The van der Waals surface area contributed by atoms with Crippen molar-refractivity contribution in [2.45, 2.75) is 90.3 Å². The van der Waals surface area contributed by atoms with Crippen molar-refractivity contribution in [1.29, 1.82) is 0 Å².